The van der Waals surface area contributed by atoms with Crippen LogP contribution in [-0.2, 0) is 0 Å². The molecule has 5 rings (SSSR count). The zero-order chi connectivity index (χ0) is 26.6. The maximum absolute atomic E-state index is 13.8. The highest BCUT2D eigenvalue weighted by molar-refractivity contribution is 6.31. The summed E-state index contributed by atoms with van der Waals surface area (Å²) >= 11 is 12.3. The SMILES string of the molecule is C[C@@H]1C[C@H](N(C(=O)Nc2cccc(Cl)c2)c2ccccc2)c2ccccc2N1C(=O)Nc1cccc(Cl)c1. The number of nitrogens with zero attached hydrogens (tertiary/aromatic N) is 2. The van der Waals surface area contributed by atoms with Crippen LogP contribution in [0.3, 0.4) is 0 Å². The van der Waals surface area contributed by atoms with Gasteiger partial charge in [0.2, 0.25) is 0 Å². The van der Waals surface area contributed by atoms with E-state index in [0.717, 1.165) is 16.9 Å². The highest BCUT2D eigenvalue weighted by Gasteiger charge is 2.38. The first-order chi connectivity index (χ1) is 18.4. The minimum absolute atomic E-state index is 0.209. The lowest BCUT2D eigenvalue weighted by Gasteiger charge is -2.43. The zero-order valence-electron chi connectivity index (χ0n) is 20.6. The molecule has 2 N–H and O–H groups in total. The standard InChI is InChI=1S/C30H26Cl2N4O2/c1-20-17-28(36(25-13-3-2-4-14-25)30(38)34-24-12-8-10-22(32)19-24)26-15-5-6-16-27(26)35(20)29(37)33-23-11-7-9-21(31)18-23/h2-16,18-20,28H,17H2,1H3,(H,33,37)(H,34,38)/t20-,28+/m1/s1. The van der Waals surface area contributed by atoms with Gasteiger partial charge in [0.1, 0.15) is 0 Å². The van der Waals surface area contributed by atoms with Crippen LogP contribution in [-0.4, -0.2) is 18.1 Å². The molecule has 0 aromatic heterocycles. The van der Waals surface area contributed by atoms with E-state index in [-0.39, 0.29) is 24.1 Å². The van der Waals surface area contributed by atoms with Crippen molar-refractivity contribution in [3.63, 3.8) is 0 Å². The first-order valence-electron chi connectivity index (χ1n) is 12.3. The van der Waals surface area contributed by atoms with E-state index < -0.39 is 0 Å². The normalized spacial score (nSPS) is 16.3. The molecule has 0 unspecified atom stereocenters. The highest BCUT2D eigenvalue weighted by atomic mass is 35.5. The van der Waals surface area contributed by atoms with Gasteiger partial charge in [-0.15, -0.1) is 0 Å². The van der Waals surface area contributed by atoms with Gasteiger partial charge in [0.05, 0.1) is 11.7 Å². The summed E-state index contributed by atoms with van der Waals surface area (Å²) in [7, 11) is 0. The number of urea groups is 2. The van der Waals surface area contributed by atoms with Crippen LogP contribution >= 0.6 is 23.2 Å². The molecule has 0 radical (unpaired) electrons. The third-order valence-corrected chi connectivity index (χ3v) is 6.97. The number of halogens is 2. The van der Waals surface area contributed by atoms with Crippen LogP contribution in [0.4, 0.5) is 32.3 Å². The van der Waals surface area contributed by atoms with Crippen molar-refractivity contribution in [2.75, 3.05) is 20.4 Å². The van der Waals surface area contributed by atoms with Gasteiger partial charge in [-0.1, -0.05) is 71.7 Å². The van der Waals surface area contributed by atoms with E-state index in [2.05, 4.69) is 10.6 Å². The van der Waals surface area contributed by atoms with Gasteiger partial charge in [-0.05, 0) is 73.5 Å². The largest absolute Gasteiger partial charge is 0.326 e. The number of rotatable bonds is 4. The van der Waals surface area contributed by atoms with Crippen molar-refractivity contribution in [3.05, 3.63) is 119 Å². The molecule has 38 heavy (non-hydrogen) atoms. The molecule has 4 aromatic rings. The van der Waals surface area contributed by atoms with E-state index in [4.69, 9.17) is 23.2 Å². The van der Waals surface area contributed by atoms with Gasteiger partial charge in [0, 0.05) is 33.1 Å². The van der Waals surface area contributed by atoms with Crippen molar-refractivity contribution in [3.8, 4) is 0 Å². The Bertz CT molecular complexity index is 1460. The van der Waals surface area contributed by atoms with Crippen molar-refractivity contribution in [1.29, 1.82) is 0 Å². The van der Waals surface area contributed by atoms with Crippen molar-refractivity contribution >= 4 is 58.0 Å². The first kappa shape index (κ1) is 25.6. The molecular weight excluding hydrogens is 519 g/mol. The molecule has 2 atom stereocenters. The Balaban J connectivity index is 1.51. The summed E-state index contributed by atoms with van der Waals surface area (Å²) in [5.41, 5.74) is 3.57. The minimum Gasteiger partial charge on any atom is -0.307 e. The van der Waals surface area contributed by atoms with E-state index in [1.807, 2.05) is 61.5 Å². The van der Waals surface area contributed by atoms with Crippen LogP contribution < -0.4 is 20.4 Å². The second-order valence-corrected chi connectivity index (χ2v) is 9.99. The van der Waals surface area contributed by atoms with E-state index in [1.54, 1.807) is 58.3 Å². The second kappa shape index (κ2) is 11.2. The highest BCUT2D eigenvalue weighted by Crippen LogP contribution is 2.42. The van der Waals surface area contributed by atoms with Gasteiger partial charge in [0.15, 0.2) is 0 Å². The lowest BCUT2D eigenvalue weighted by molar-refractivity contribution is 0.251. The number of hydrogen-bond acceptors (Lipinski definition) is 2. The topological polar surface area (TPSA) is 64.7 Å². The summed E-state index contributed by atoms with van der Waals surface area (Å²) in [5, 5.41) is 7.03. The summed E-state index contributed by atoms with van der Waals surface area (Å²) in [6.45, 7) is 1.98. The fourth-order valence-electron chi connectivity index (χ4n) is 4.86. The van der Waals surface area contributed by atoms with Crippen LogP contribution in [0.25, 0.3) is 0 Å². The number of amides is 4. The molecule has 0 saturated heterocycles. The average molecular weight is 545 g/mol. The van der Waals surface area contributed by atoms with E-state index >= 15 is 0 Å². The van der Waals surface area contributed by atoms with Crippen LogP contribution in [0.1, 0.15) is 24.9 Å². The van der Waals surface area contributed by atoms with E-state index in [0.29, 0.717) is 27.8 Å². The zero-order valence-corrected chi connectivity index (χ0v) is 22.2. The summed E-state index contributed by atoms with van der Waals surface area (Å²) < 4.78 is 0. The average Bonchev–Trinajstić information content (AvgIpc) is 2.89. The van der Waals surface area contributed by atoms with Crippen molar-refractivity contribution in [2.45, 2.75) is 25.4 Å². The van der Waals surface area contributed by atoms with Crippen LogP contribution in [0.5, 0.6) is 0 Å². The summed E-state index contributed by atoms with van der Waals surface area (Å²) in [4.78, 5) is 30.8. The number of anilines is 4. The Morgan fingerprint density at radius 1 is 0.789 bits per heavy atom. The molecule has 8 heteroatoms. The lowest BCUT2D eigenvalue weighted by atomic mass is 9.90. The smallest absolute Gasteiger partial charge is 0.307 e. The molecule has 0 fully saturated rings. The van der Waals surface area contributed by atoms with Gasteiger partial charge in [0.25, 0.3) is 0 Å². The molecule has 4 amide bonds. The number of hydrogen-bond donors (Lipinski definition) is 2. The molecule has 6 nitrogen and oxygen atoms in total. The van der Waals surface area contributed by atoms with E-state index in [9.17, 15) is 9.59 Å². The Morgan fingerprint density at radius 3 is 2.05 bits per heavy atom. The van der Waals surface area contributed by atoms with Crippen LogP contribution in [0, 0.1) is 0 Å². The molecule has 192 valence electrons. The number of fused-ring (bicyclic) bond motifs is 1. The Kier molecular flexibility index (Phi) is 7.54. The van der Waals surface area contributed by atoms with Gasteiger partial charge in [-0.2, -0.15) is 0 Å². The Labute approximate surface area is 231 Å². The first-order valence-corrected chi connectivity index (χ1v) is 13.0. The molecular formula is C30H26Cl2N4O2. The maximum Gasteiger partial charge on any atom is 0.326 e. The Hall–Kier alpha value is -4.00. The monoisotopic (exact) mass is 544 g/mol. The van der Waals surface area contributed by atoms with Crippen molar-refractivity contribution in [2.24, 2.45) is 0 Å². The van der Waals surface area contributed by atoms with Crippen LogP contribution in [0.15, 0.2) is 103 Å². The van der Waals surface area contributed by atoms with Gasteiger partial charge in [-0.25, -0.2) is 9.59 Å². The molecule has 0 saturated carbocycles. The molecule has 0 bridgehead atoms. The summed E-state index contributed by atoms with van der Waals surface area (Å²) in [6.07, 6.45) is 0.526. The number of carbonyl (C=O) groups excluding carboxylic acids is 2. The second-order valence-electron chi connectivity index (χ2n) is 9.12. The third kappa shape index (κ3) is 5.47. The number of para-hydroxylation sites is 2. The molecule has 0 aliphatic carbocycles. The number of carbonyl (C=O) groups is 2. The molecule has 1 aliphatic rings. The predicted molar refractivity (Wildman–Crippen MR) is 156 cm³/mol. The number of nitrogens with one attached hydrogen (secondary N) is 2. The fraction of sp³-hybridized carbons (Fsp3) is 0.133. The summed E-state index contributed by atoms with van der Waals surface area (Å²) in [6, 6.07) is 30.2. The van der Waals surface area contributed by atoms with Crippen LogP contribution in [0.2, 0.25) is 10.0 Å². The maximum atomic E-state index is 13.8. The number of benzene rings is 4. The molecule has 0 spiro atoms. The fourth-order valence-corrected chi connectivity index (χ4v) is 5.24. The molecule has 4 aromatic carbocycles. The van der Waals surface area contributed by atoms with Crippen molar-refractivity contribution < 1.29 is 9.59 Å². The van der Waals surface area contributed by atoms with Gasteiger partial charge in [-0.3, -0.25) is 9.80 Å². The molecule has 1 aliphatic heterocycles. The predicted octanol–water partition coefficient (Wildman–Crippen LogP) is 8.60. The van der Waals surface area contributed by atoms with Crippen molar-refractivity contribution in [1.82, 2.24) is 0 Å². The summed E-state index contributed by atoms with van der Waals surface area (Å²) in [5.74, 6) is 0. The van der Waals surface area contributed by atoms with Gasteiger partial charge < -0.3 is 10.6 Å². The van der Waals surface area contributed by atoms with E-state index in [1.165, 1.54) is 0 Å². The van der Waals surface area contributed by atoms with Gasteiger partial charge >= 0.3 is 12.1 Å². The Morgan fingerprint density at radius 2 is 1.39 bits per heavy atom. The minimum atomic E-state index is -0.321. The quantitative estimate of drug-likeness (QED) is 0.270. The molecule has 1 heterocycles. The lowest BCUT2D eigenvalue weighted by Crippen LogP contribution is -2.49. The third-order valence-electron chi connectivity index (χ3n) is 6.50.